The van der Waals surface area contributed by atoms with Gasteiger partial charge in [0, 0.05) is 12.2 Å². The smallest absolute Gasteiger partial charge is 0.358 e. The number of hydrogen-bond donors (Lipinski definition) is 2. The van der Waals surface area contributed by atoms with Gasteiger partial charge in [-0.3, -0.25) is 0 Å². The fraction of sp³-hybridized carbons (Fsp3) is 0.316. The first-order valence-corrected chi connectivity index (χ1v) is 8.62. The van der Waals surface area contributed by atoms with Crippen molar-refractivity contribution in [1.29, 1.82) is 0 Å². The van der Waals surface area contributed by atoms with E-state index in [4.69, 9.17) is 31.2 Å². The van der Waals surface area contributed by atoms with Crippen molar-refractivity contribution in [1.82, 2.24) is 0 Å². The number of para-hydroxylation sites is 2. The molecule has 0 bridgehead atoms. The normalized spacial score (nSPS) is 28.2. The topological polar surface area (TPSA) is 77.4 Å². The molecule has 6 nitrogen and oxygen atoms in total. The number of rotatable bonds is 4. The van der Waals surface area contributed by atoms with Crippen LogP contribution in [0, 0.1) is 0 Å². The summed E-state index contributed by atoms with van der Waals surface area (Å²) < 4.78 is 22.1. The monoisotopic (exact) mass is 376 g/mol. The first-order chi connectivity index (χ1) is 12.5. The SMILES string of the molecule is C[C@@H]1O[C@H](Oc2ccccc2)[C@@H](O)[C@H](OC(=S)Oc2ccccc2)[C@@H]1O. The second-order valence-electron chi connectivity index (χ2n) is 5.87. The van der Waals surface area contributed by atoms with Crippen molar-refractivity contribution >= 4 is 17.5 Å². The molecule has 2 aromatic rings. The van der Waals surface area contributed by atoms with Gasteiger partial charge in [0.05, 0.1) is 6.10 Å². The molecular weight excluding hydrogens is 356 g/mol. The van der Waals surface area contributed by atoms with Crippen molar-refractivity contribution in [3.8, 4) is 11.5 Å². The molecule has 26 heavy (non-hydrogen) atoms. The zero-order valence-electron chi connectivity index (χ0n) is 14.1. The van der Waals surface area contributed by atoms with Crippen LogP contribution in [0.1, 0.15) is 6.92 Å². The molecule has 0 amide bonds. The number of aliphatic hydroxyl groups excluding tert-OH is 2. The summed E-state index contributed by atoms with van der Waals surface area (Å²) in [5.74, 6) is 1.03. The minimum Gasteiger partial charge on any atom is -0.462 e. The van der Waals surface area contributed by atoms with E-state index in [1.165, 1.54) is 0 Å². The number of benzene rings is 2. The Bertz CT molecular complexity index is 710. The summed E-state index contributed by atoms with van der Waals surface area (Å²) in [6.07, 6.45) is -5.06. The van der Waals surface area contributed by atoms with Gasteiger partial charge in [-0.25, -0.2) is 0 Å². The lowest BCUT2D eigenvalue weighted by molar-refractivity contribution is -0.266. The minimum atomic E-state index is -1.27. The highest BCUT2D eigenvalue weighted by Crippen LogP contribution is 2.26. The molecule has 0 unspecified atom stereocenters. The van der Waals surface area contributed by atoms with Gasteiger partial charge in [-0.1, -0.05) is 36.4 Å². The van der Waals surface area contributed by atoms with Crippen LogP contribution in [-0.2, 0) is 9.47 Å². The standard InChI is InChI=1S/C19H20O6S/c1-12-15(20)17(25-19(26)24-14-10-6-3-7-11-14)16(21)18(22-12)23-13-8-4-2-5-9-13/h2-12,15-18,20-21H,1H3/t12-,15+,16-,17+,18+/m0/s1. The number of hydrogen-bond acceptors (Lipinski definition) is 7. The molecule has 2 N–H and O–H groups in total. The highest BCUT2D eigenvalue weighted by Gasteiger charge is 2.46. The zero-order chi connectivity index (χ0) is 18.5. The summed E-state index contributed by atoms with van der Waals surface area (Å²) >= 11 is 5.08. The molecule has 0 radical (unpaired) electrons. The van der Waals surface area contributed by atoms with E-state index in [1.54, 1.807) is 55.5 Å². The molecule has 0 aliphatic carbocycles. The van der Waals surface area contributed by atoms with Crippen molar-refractivity contribution in [3.05, 3.63) is 60.7 Å². The van der Waals surface area contributed by atoms with Crippen molar-refractivity contribution in [3.63, 3.8) is 0 Å². The summed E-state index contributed by atoms with van der Waals surface area (Å²) in [6, 6.07) is 17.8. The lowest BCUT2D eigenvalue weighted by atomic mass is 10.00. The van der Waals surface area contributed by atoms with Gasteiger partial charge in [-0.05, 0) is 31.2 Å². The van der Waals surface area contributed by atoms with E-state index in [2.05, 4.69) is 0 Å². The first kappa shape index (κ1) is 18.6. The molecule has 0 saturated carbocycles. The maximum absolute atomic E-state index is 10.5. The fourth-order valence-corrected chi connectivity index (χ4v) is 2.79. The number of ether oxygens (including phenoxy) is 4. The van der Waals surface area contributed by atoms with Crippen molar-refractivity contribution < 1.29 is 29.2 Å². The van der Waals surface area contributed by atoms with Gasteiger partial charge in [0.2, 0.25) is 6.29 Å². The van der Waals surface area contributed by atoms with E-state index in [-0.39, 0.29) is 5.24 Å². The van der Waals surface area contributed by atoms with Gasteiger partial charge >= 0.3 is 5.24 Å². The van der Waals surface area contributed by atoms with E-state index in [0.717, 1.165) is 0 Å². The summed E-state index contributed by atoms with van der Waals surface area (Å²) in [5.41, 5.74) is 0. The second-order valence-corrected chi connectivity index (χ2v) is 6.20. The lowest BCUT2D eigenvalue weighted by Crippen LogP contribution is -2.59. The third-order valence-corrected chi connectivity index (χ3v) is 4.13. The highest BCUT2D eigenvalue weighted by atomic mass is 32.1. The predicted octanol–water partition coefficient (Wildman–Crippen LogP) is 2.28. The van der Waals surface area contributed by atoms with Crippen LogP contribution in [0.15, 0.2) is 60.7 Å². The van der Waals surface area contributed by atoms with Gasteiger partial charge in [0.25, 0.3) is 0 Å². The highest BCUT2D eigenvalue weighted by molar-refractivity contribution is 7.79. The Labute approximate surface area is 156 Å². The Morgan fingerprint density at radius 2 is 1.50 bits per heavy atom. The largest absolute Gasteiger partial charge is 0.462 e. The second kappa shape index (κ2) is 8.46. The van der Waals surface area contributed by atoms with Crippen LogP contribution in [-0.4, -0.2) is 46.2 Å². The molecule has 0 spiro atoms. The summed E-state index contributed by atoms with van der Waals surface area (Å²) in [4.78, 5) is 0. The Hall–Kier alpha value is -2.19. The van der Waals surface area contributed by atoms with E-state index in [9.17, 15) is 10.2 Å². The molecule has 1 heterocycles. The average Bonchev–Trinajstić information content (AvgIpc) is 2.65. The summed E-state index contributed by atoms with van der Waals surface area (Å²) in [5, 5.41) is 20.7. The maximum Gasteiger partial charge on any atom is 0.358 e. The van der Waals surface area contributed by atoms with Gasteiger partial charge < -0.3 is 29.2 Å². The zero-order valence-corrected chi connectivity index (χ0v) is 14.9. The molecule has 5 atom stereocenters. The van der Waals surface area contributed by atoms with Crippen molar-refractivity contribution in [2.75, 3.05) is 0 Å². The van der Waals surface area contributed by atoms with Crippen LogP contribution < -0.4 is 9.47 Å². The van der Waals surface area contributed by atoms with Crippen molar-refractivity contribution in [2.24, 2.45) is 0 Å². The van der Waals surface area contributed by atoms with Gasteiger partial charge in [-0.2, -0.15) is 0 Å². The number of thiocarbonyl (C=S) groups is 1. The maximum atomic E-state index is 10.5. The molecule has 138 valence electrons. The third kappa shape index (κ3) is 4.50. The Morgan fingerprint density at radius 3 is 2.12 bits per heavy atom. The van der Waals surface area contributed by atoms with Gasteiger partial charge in [0.15, 0.2) is 12.2 Å². The Morgan fingerprint density at radius 1 is 0.923 bits per heavy atom. The van der Waals surface area contributed by atoms with Crippen molar-refractivity contribution in [2.45, 2.75) is 37.6 Å². The van der Waals surface area contributed by atoms with E-state index < -0.39 is 30.7 Å². The Balaban J connectivity index is 1.67. The van der Waals surface area contributed by atoms with Crippen LogP contribution >= 0.6 is 12.2 Å². The van der Waals surface area contributed by atoms with Gasteiger partial charge in [0.1, 0.15) is 17.6 Å². The number of aliphatic hydroxyl groups is 2. The van der Waals surface area contributed by atoms with E-state index in [1.807, 2.05) is 12.1 Å². The molecule has 2 aromatic carbocycles. The fourth-order valence-electron chi connectivity index (χ4n) is 2.59. The van der Waals surface area contributed by atoms with E-state index >= 15 is 0 Å². The molecule has 3 rings (SSSR count). The molecule has 1 aliphatic heterocycles. The van der Waals surface area contributed by atoms with Crippen LogP contribution in [0.4, 0.5) is 0 Å². The molecule has 1 aliphatic rings. The van der Waals surface area contributed by atoms with Crippen LogP contribution in [0.5, 0.6) is 11.5 Å². The Kier molecular flexibility index (Phi) is 6.05. The molecule has 0 aromatic heterocycles. The van der Waals surface area contributed by atoms with Gasteiger partial charge in [-0.15, -0.1) is 0 Å². The molecular formula is C19H20O6S. The minimum absolute atomic E-state index is 0.202. The van der Waals surface area contributed by atoms with E-state index in [0.29, 0.717) is 11.5 Å². The summed E-state index contributed by atoms with van der Waals surface area (Å²) in [7, 11) is 0. The van der Waals surface area contributed by atoms with Crippen LogP contribution in [0.2, 0.25) is 0 Å². The molecule has 7 heteroatoms. The lowest BCUT2D eigenvalue weighted by Gasteiger charge is -2.40. The molecule has 1 fully saturated rings. The van der Waals surface area contributed by atoms with Crippen LogP contribution in [0.3, 0.4) is 0 Å². The summed E-state index contributed by atoms with van der Waals surface area (Å²) in [6.45, 7) is 1.66. The van der Waals surface area contributed by atoms with Crippen LogP contribution in [0.25, 0.3) is 0 Å². The predicted molar refractivity (Wildman–Crippen MR) is 98.0 cm³/mol. The third-order valence-electron chi connectivity index (χ3n) is 3.95. The molecule has 1 saturated heterocycles. The first-order valence-electron chi connectivity index (χ1n) is 8.21. The quantitative estimate of drug-likeness (QED) is 0.793. The average molecular weight is 376 g/mol.